The minimum absolute atomic E-state index is 0.101. The number of hydrogen-bond acceptors (Lipinski definition) is 2. The van der Waals surface area contributed by atoms with Crippen LogP contribution in [0.1, 0.15) is 25.3 Å². The van der Waals surface area contributed by atoms with Crippen LogP contribution in [0.2, 0.25) is 0 Å². The maximum absolute atomic E-state index is 8.87. The quantitative estimate of drug-likeness (QED) is 0.807. The fourth-order valence-corrected chi connectivity index (χ4v) is 1.78. The molecule has 3 nitrogen and oxygen atoms in total. The first-order chi connectivity index (χ1) is 8.06. The van der Waals surface area contributed by atoms with E-state index in [-0.39, 0.29) is 6.61 Å². The Balaban J connectivity index is 2.77. The molecule has 2 N–H and O–H groups in total. The van der Waals surface area contributed by atoms with Crippen LogP contribution in [-0.2, 0) is 0 Å². The summed E-state index contributed by atoms with van der Waals surface area (Å²) >= 11 is 5.27. The molecule has 1 aromatic rings. The number of thiocarbonyl (C=S) groups is 1. The lowest BCUT2D eigenvalue weighted by molar-refractivity contribution is 0.265. The predicted molar refractivity (Wildman–Crippen MR) is 76.5 cm³/mol. The average Bonchev–Trinajstić information content (AvgIpc) is 2.29. The van der Waals surface area contributed by atoms with Crippen LogP contribution in [0.4, 0.5) is 5.69 Å². The molecule has 0 aliphatic heterocycles. The highest BCUT2D eigenvalue weighted by atomic mass is 32.1. The van der Waals surface area contributed by atoms with Crippen molar-refractivity contribution in [3.8, 4) is 0 Å². The third-order valence-corrected chi connectivity index (χ3v) is 3.02. The van der Waals surface area contributed by atoms with Crippen molar-refractivity contribution in [2.75, 3.05) is 25.5 Å². The van der Waals surface area contributed by atoms with Gasteiger partial charge in [-0.25, -0.2) is 0 Å². The standard InChI is InChI=1S/C13H20N2OS/c1-10(2)11-6-4-5-7-12(11)14-13(17)15(3)8-9-16/h4-7,10,16H,8-9H2,1-3H3,(H,14,17). The molecule has 0 amide bonds. The number of hydrogen-bond donors (Lipinski definition) is 2. The van der Waals surface area contributed by atoms with Crippen molar-refractivity contribution >= 4 is 23.0 Å². The third-order valence-electron chi connectivity index (χ3n) is 2.61. The summed E-state index contributed by atoms with van der Waals surface area (Å²) in [6.45, 7) is 4.95. The maximum atomic E-state index is 8.87. The number of aliphatic hydroxyl groups excluding tert-OH is 1. The molecule has 4 heteroatoms. The number of nitrogens with one attached hydrogen (secondary N) is 1. The first-order valence-electron chi connectivity index (χ1n) is 5.78. The van der Waals surface area contributed by atoms with E-state index in [2.05, 4.69) is 25.2 Å². The largest absolute Gasteiger partial charge is 0.395 e. The second kappa shape index (κ2) is 6.57. The highest BCUT2D eigenvalue weighted by Crippen LogP contribution is 2.23. The zero-order valence-corrected chi connectivity index (χ0v) is 11.4. The molecular formula is C13H20N2OS. The fourth-order valence-electron chi connectivity index (χ4n) is 1.58. The highest BCUT2D eigenvalue weighted by molar-refractivity contribution is 7.80. The minimum Gasteiger partial charge on any atom is -0.395 e. The zero-order valence-electron chi connectivity index (χ0n) is 10.6. The Bertz CT molecular complexity index is 379. The van der Waals surface area contributed by atoms with Crippen LogP contribution in [0.25, 0.3) is 0 Å². The molecule has 17 heavy (non-hydrogen) atoms. The monoisotopic (exact) mass is 252 g/mol. The first kappa shape index (κ1) is 13.9. The molecule has 0 saturated heterocycles. The second-order valence-electron chi connectivity index (χ2n) is 4.32. The smallest absolute Gasteiger partial charge is 0.173 e. The van der Waals surface area contributed by atoms with Gasteiger partial charge in [-0.2, -0.15) is 0 Å². The molecule has 94 valence electrons. The van der Waals surface area contributed by atoms with Crippen LogP contribution in [0.5, 0.6) is 0 Å². The van der Waals surface area contributed by atoms with Crippen molar-refractivity contribution < 1.29 is 5.11 Å². The molecule has 0 radical (unpaired) electrons. The first-order valence-corrected chi connectivity index (χ1v) is 6.19. The third kappa shape index (κ3) is 3.98. The van der Waals surface area contributed by atoms with E-state index >= 15 is 0 Å². The molecule has 0 bridgehead atoms. The summed E-state index contributed by atoms with van der Waals surface area (Å²) in [5.41, 5.74) is 2.28. The number of nitrogens with zero attached hydrogens (tertiary/aromatic N) is 1. The molecular weight excluding hydrogens is 232 g/mol. The van der Waals surface area contributed by atoms with Gasteiger partial charge in [-0.15, -0.1) is 0 Å². The van der Waals surface area contributed by atoms with Crippen LogP contribution in [-0.4, -0.2) is 35.3 Å². The Morgan fingerprint density at radius 2 is 2.06 bits per heavy atom. The Hall–Kier alpha value is -1.13. The molecule has 0 unspecified atom stereocenters. The van der Waals surface area contributed by atoms with E-state index in [1.165, 1.54) is 5.56 Å². The van der Waals surface area contributed by atoms with Gasteiger partial charge < -0.3 is 15.3 Å². The second-order valence-corrected chi connectivity index (χ2v) is 4.70. The normalized spacial score (nSPS) is 10.4. The van der Waals surface area contributed by atoms with Crippen molar-refractivity contribution in [1.29, 1.82) is 0 Å². The van der Waals surface area contributed by atoms with Gasteiger partial charge in [0, 0.05) is 19.3 Å². The molecule has 0 aliphatic rings. The molecule has 0 aromatic heterocycles. The number of rotatable bonds is 4. The Labute approximate surface area is 108 Å². The van der Waals surface area contributed by atoms with E-state index in [4.69, 9.17) is 17.3 Å². The summed E-state index contributed by atoms with van der Waals surface area (Å²) < 4.78 is 0. The van der Waals surface area contributed by atoms with Gasteiger partial charge in [-0.1, -0.05) is 32.0 Å². The summed E-state index contributed by atoms with van der Waals surface area (Å²) in [6, 6.07) is 8.14. The molecule has 0 fully saturated rings. The van der Waals surface area contributed by atoms with Crippen molar-refractivity contribution in [3.05, 3.63) is 29.8 Å². The van der Waals surface area contributed by atoms with E-state index in [1.54, 1.807) is 0 Å². The average molecular weight is 252 g/mol. The topological polar surface area (TPSA) is 35.5 Å². The van der Waals surface area contributed by atoms with Crippen LogP contribution in [0, 0.1) is 0 Å². The summed E-state index contributed by atoms with van der Waals surface area (Å²) in [7, 11) is 1.86. The number of aliphatic hydroxyl groups is 1. The Morgan fingerprint density at radius 3 is 2.65 bits per heavy atom. The highest BCUT2D eigenvalue weighted by Gasteiger charge is 2.09. The van der Waals surface area contributed by atoms with Gasteiger partial charge in [0.15, 0.2) is 5.11 Å². The lowest BCUT2D eigenvalue weighted by atomic mass is 10.0. The Morgan fingerprint density at radius 1 is 1.41 bits per heavy atom. The van der Waals surface area contributed by atoms with Crippen molar-refractivity contribution in [2.24, 2.45) is 0 Å². The lowest BCUT2D eigenvalue weighted by Gasteiger charge is -2.22. The summed E-state index contributed by atoms with van der Waals surface area (Å²) in [4.78, 5) is 1.83. The van der Waals surface area contributed by atoms with Crippen LogP contribution in [0.3, 0.4) is 0 Å². The number of benzene rings is 1. The number of para-hydroxylation sites is 1. The molecule has 0 saturated carbocycles. The SMILES string of the molecule is CC(C)c1ccccc1NC(=S)N(C)CCO. The lowest BCUT2D eigenvalue weighted by Crippen LogP contribution is -2.33. The molecule has 0 spiro atoms. The van der Waals surface area contributed by atoms with Crippen molar-refractivity contribution in [3.63, 3.8) is 0 Å². The van der Waals surface area contributed by atoms with Gasteiger partial charge in [0.2, 0.25) is 0 Å². The summed E-state index contributed by atoms with van der Waals surface area (Å²) in [5.74, 6) is 0.449. The van der Waals surface area contributed by atoms with Gasteiger partial charge >= 0.3 is 0 Å². The fraction of sp³-hybridized carbons (Fsp3) is 0.462. The minimum atomic E-state index is 0.101. The molecule has 0 atom stereocenters. The van der Waals surface area contributed by atoms with Gasteiger partial charge in [-0.3, -0.25) is 0 Å². The molecule has 1 rings (SSSR count). The molecule has 1 aromatic carbocycles. The van der Waals surface area contributed by atoms with E-state index < -0.39 is 0 Å². The van der Waals surface area contributed by atoms with Gasteiger partial charge in [0.25, 0.3) is 0 Å². The van der Waals surface area contributed by atoms with E-state index in [0.29, 0.717) is 17.6 Å². The van der Waals surface area contributed by atoms with E-state index in [1.807, 2.05) is 30.1 Å². The van der Waals surface area contributed by atoms with Crippen molar-refractivity contribution in [2.45, 2.75) is 19.8 Å². The number of likely N-dealkylation sites (N-methyl/N-ethyl adjacent to an activating group) is 1. The van der Waals surface area contributed by atoms with Gasteiger partial charge in [0.1, 0.15) is 0 Å². The summed E-state index contributed by atoms with van der Waals surface area (Å²) in [5, 5.41) is 12.7. The zero-order chi connectivity index (χ0) is 12.8. The van der Waals surface area contributed by atoms with Crippen LogP contribution in [0.15, 0.2) is 24.3 Å². The van der Waals surface area contributed by atoms with E-state index in [9.17, 15) is 0 Å². The maximum Gasteiger partial charge on any atom is 0.173 e. The van der Waals surface area contributed by atoms with Crippen LogP contribution < -0.4 is 5.32 Å². The van der Waals surface area contributed by atoms with Crippen LogP contribution >= 0.6 is 12.2 Å². The Kier molecular flexibility index (Phi) is 5.38. The van der Waals surface area contributed by atoms with Gasteiger partial charge in [-0.05, 0) is 29.8 Å². The predicted octanol–water partition coefficient (Wildman–Crippen LogP) is 2.43. The summed E-state index contributed by atoms with van der Waals surface area (Å²) in [6.07, 6.45) is 0. The van der Waals surface area contributed by atoms with Crippen molar-refractivity contribution in [1.82, 2.24) is 4.90 Å². The molecule has 0 aliphatic carbocycles. The molecule has 0 heterocycles. The van der Waals surface area contributed by atoms with E-state index in [0.717, 1.165) is 5.69 Å². The number of anilines is 1. The van der Waals surface area contributed by atoms with Gasteiger partial charge in [0.05, 0.1) is 6.61 Å².